The van der Waals surface area contributed by atoms with Crippen LogP contribution < -0.4 is 24.8 Å². The maximum absolute atomic E-state index is 13.8. The van der Waals surface area contributed by atoms with E-state index in [1.807, 2.05) is 25.1 Å². The first-order chi connectivity index (χ1) is 13.4. The highest BCUT2D eigenvalue weighted by atomic mass is 127. The lowest BCUT2D eigenvalue weighted by atomic mass is 10.1. The van der Waals surface area contributed by atoms with Gasteiger partial charge in [-0.1, -0.05) is 12.1 Å². The van der Waals surface area contributed by atoms with E-state index >= 15 is 0 Å². The van der Waals surface area contributed by atoms with Crippen LogP contribution in [0.5, 0.6) is 17.2 Å². The lowest BCUT2D eigenvalue weighted by Crippen LogP contribution is -2.38. The fourth-order valence-corrected chi connectivity index (χ4v) is 2.78. The fraction of sp³-hybridized carbons (Fsp3) is 0.381. The van der Waals surface area contributed by atoms with E-state index in [4.69, 9.17) is 14.2 Å². The third-order valence-corrected chi connectivity index (χ3v) is 4.46. The second-order valence-electron chi connectivity index (χ2n) is 6.33. The molecule has 0 spiro atoms. The van der Waals surface area contributed by atoms with Gasteiger partial charge in [0.15, 0.2) is 17.5 Å². The van der Waals surface area contributed by atoms with Crippen molar-refractivity contribution in [1.29, 1.82) is 0 Å². The Morgan fingerprint density at radius 1 is 1.07 bits per heavy atom. The highest BCUT2D eigenvalue weighted by molar-refractivity contribution is 14.0. The van der Waals surface area contributed by atoms with Gasteiger partial charge in [0, 0.05) is 13.6 Å². The molecule has 29 heavy (non-hydrogen) atoms. The molecule has 8 heteroatoms. The molecule has 0 amide bonds. The monoisotopic (exact) mass is 517 g/mol. The topological polar surface area (TPSA) is 64.1 Å². The Bertz CT molecular complexity index is 821. The van der Waals surface area contributed by atoms with Crippen molar-refractivity contribution < 1.29 is 18.6 Å². The SMILES string of the molecule is CN=C(NCc1cc(OC)c(OC)c(OC)c1)NC(C)c1ccc(C)c(F)c1.I. The van der Waals surface area contributed by atoms with Crippen LogP contribution in [-0.2, 0) is 6.54 Å². The first kappa shape index (κ1) is 24.8. The van der Waals surface area contributed by atoms with Crippen LogP contribution in [0.4, 0.5) is 4.39 Å². The average Bonchev–Trinajstić information content (AvgIpc) is 2.71. The Kier molecular flexibility index (Phi) is 10.0. The van der Waals surface area contributed by atoms with Gasteiger partial charge in [-0.3, -0.25) is 4.99 Å². The molecule has 0 aliphatic heterocycles. The fourth-order valence-electron chi connectivity index (χ4n) is 2.78. The molecule has 0 fully saturated rings. The Balaban J connectivity index is 0.00000420. The predicted molar refractivity (Wildman–Crippen MR) is 124 cm³/mol. The van der Waals surface area contributed by atoms with Crippen LogP contribution in [0.1, 0.15) is 29.7 Å². The van der Waals surface area contributed by atoms with Gasteiger partial charge in [0.05, 0.1) is 27.4 Å². The molecule has 0 aliphatic carbocycles. The normalized spacial score (nSPS) is 11.9. The number of rotatable bonds is 7. The smallest absolute Gasteiger partial charge is 0.203 e. The molecule has 1 unspecified atom stereocenters. The number of aryl methyl sites for hydroxylation is 1. The van der Waals surface area contributed by atoms with Gasteiger partial charge < -0.3 is 24.8 Å². The van der Waals surface area contributed by atoms with Gasteiger partial charge in [0.1, 0.15) is 5.82 Å². The number of nitrogens with zero attached hydrogens (tertiary/aromatic N) is 1. The van der Waals surface area contributed by atoms with Crippen molar-refractivity contribution >= 4 is 29.9 Å². The summed E-state index contributed by atoms with van der Waals surface area (Å²) < 4.78 is 29.9. The average molecular weight is 517 g/mol. The molecule has 2 rings (SSSR count). The van der Waals surface area contributed by atoms with Gasteiger partial charge in [-0.2, -0.15) is 0 Å². The number of benzene rings is 2. The van der Waals surface area contributed by atoms with Crippen LogP contribution in [0.2, 0.25) is 0 Å². The first-order valence-electron chi connectivity index (χ1n) is 8.95. The molecule has 160 valence electrons. The van der Waals surface area contributed by atoms with Gasteiger partial charge in [-0.15, -0.1) is 24.0 Å². The number of halogens is 2. The molecule has 1 atom stereocenters. The number of hydrogen-bond acceptors (Lipinski definition) is 4. The van der Waals surface area contributed by atoms with E-state index in [2.05, 4.69) is 15.6 Å². The number of ether oxygens (including phenoxy) is 3. The third-order valence-electron chi connectivity index (χ3n) is 4.46. The summed E-state index contributed by atoms with van der Waals surface area (Å²) in [4.78, 5) is 4.24. The molecule has 2 aromatic carbocycles. The Morgan fingerprint density at radius 3 is 2.17 bits per heavy atom. The van der Waals surface area contributed by atoms with Crippen molar-refractivity contribution in [1.82, 2.24) is 10.6 Å². The van der Waals surface area contributed by atoms with Crippen LogP contribution in [0.25, 0.3) is 0 Å². The third kappa shape index (κ3) is 6.38. The lowest BCUT2D eigenvalue weighted by molar-refractivity contribution is 0.323. The number of guanidine groups is 1. The van der Waals surface area contributed by atoms with E-state index in [-0.39, 0.29) is 35.8 Å². The van der Waals surface area contributed by atoms with E-state index in [9.17, 15) is 4.39 Å². The van der Waals surface area contributed by atoms with E-state index in [0.717, 1.165) is 11.1 Å². The summed E-state index contributed by atoms with van der Waals surface area (Å²) in [6.45, 7) is 4.19. The molecule has 0 heterocycles. The summed E-state index contributed by atoms with van der Waals surface area (Å²) in [6, 6.07) is 8.86. The van der Waals surface area contributed by atoms with Gasteiger partial charge >= 0.3 is 0 Å². The quantitative estimate of drug-likeness (QED) is 0.328. The minimum Gasteiger partial charge on any atom is -0.493 e. The summed E-state index contributed by atoms with van der Waals surface area (Å²) >= 11 is 0. The zero-order chi connectivity index (χ0) is 20.7. The standard InChI is InChI=1S/C21H28FN3O3.HI/c1-13-7-8-16(11-17(13)22)14(2)25-21(23-3)24-12-15-9-18(26-4)20(28-6)19(10-15)27-5;/h7-11,14H,12H2,1-6H3,(H2,23,24,25);1H. The highest BCUT2D eigenvalue weighted by Crippen LogP contribution is 2.38. The highest BCUT2D eigenvalue weighted by Gasteiger charge is 2.14. The van der Waals surface area contributed by atoms with Crippen molar-refractivity contribution in [3.8, 4) is 17.2 Å². The van der Waals surface area contributed by atoms with Crippen LogP contribution >= 0.6 is 24.0 Å². The van der Waals surface area contributed by atoms with Crippen molar-refractivity contribution in [2.45, 2.75) is 26.4 Å². The molecule has 0 aromatic heterocycles. The predicted octanol–water partition coefficient (Wildman–Crippen LogP) is 4.20. The van der Waals surface area contributed by atoms with Crippen LogP contribution in [0.3, 0.4) is 0 Å². The lowest BCUT2D eigenvalue weighted by Gasteiger charge is -2.19. The van der Waals surface area contributed by atoms with Crippen molar-refractivity contribution in [3.05, 3.63) is 52.8 Å². The summed E-state index contributed by atoms with van der Waals surface area (Å²) in [5.74, 6) is 2.11. The molecule has 0 bridgehead atoms. The van der Waals surface area contributed by atoms with Gasteiger partial charge in [0.25, 0.3) is 0 Å². The summed E-state index contributed by atoms with van der Waals surface area (Å²) in [6.07, 6.45) is 0. The largest absolute Gasteiger partial charge is 0.493 e. The van der Waals surface area contributed by atoms with E-state index in [1.54, 1.807) is 47.4 Å². The van der Waals surface area contributed by atoms with Crippen LogP contribution in [0, 0.1) is 12.7 Å². The van der Waals surface area contributed by atoms with E-state index < -0.39 is 0 Å². The van der Waals surface area contributed by atoms with E-state index in [1.165, 1.54) is 0 Å². The van der Waals surface area contributed by atoms with Gasteiger partial charge in [-0.25, -0.2) is 4.39 Å². The van der Waals surface area contributed by atoms with E-state index in [0.29, 0.717) is 35.3 Å². The molecule has 0 saturated carbocycles. The van der Waals surface area contributed by atoms with Crippen LogP contribution in [-0.4, -0.2) is 34.3 Å². The second-order valence-corrected chi connectivity index (χ2v) is 6.33. The molecule has 2 N–H and O–H groups in total. The Morgan fingerprint density at radius 2 is 1.69 bits per heavy atom. The maximum atomic E-state index is 13.8. The minimum atomic E-state index is -0.216. The summed E-state index contributed by atoms with van der Waals surface area (Å²) in [5, 5.41) is 6.51. The summed E-state index contributed by atoms with van der Waals surface area (Å²) in [5.41, 5.74) is 2.41. The minimum absolute atomic E-state index is 0. The Hall–Kier alpha value is -2.23. The molecular weight excluding hydrogens is 488 g/mol. The maximum Gasteiger partial charge on any atom is 0.203 e. The molecule has 0 aliphatic rings. The Labute approximate surface area is 188 Å². The van der Waals surface area contributed by atoms with Gasteiger partial charge in [0.2, 0.25) is 5.75 Å². The van der Waals surface area contributed by atoms with Crippen LogP contribution in [0.15, 0.2) is 35.3 Å². The van der Waals surface area contributed by atoms with Crippen molar-refractivity contribution in [3.63, 3.8) is 0 Å². The zero-order valence-corrected chi connectivity index (χ0v) is 20.0. The first-order valence-corrected chi connectivity index (χ1v) is 8.95. The molecular formula is C21H29FIN3O3. The number of methoxy groups -OCH3 is 3. The summed E-state index contributed by atoms with van der Waals surface area (Å²) in [7, 11) is 6.42. The number of hydrogen-bond donors (Lipinski definition) is 2. The number of nitrogens with one attached hydrogen (secondary N) is 2. The molecule has 2 aromatic rings. The number of aliphatic imine (C=N–C) groups is 1. The van der Waals surface area contributed by atoms with Crippen molar-refractivity contribution in [2.24, 2.45) is 4.99 Å². The molecule has 6 nitrogen and oxygen atoms in total. The second kappa shape index (κ2) is 11.7. The van der Waals surface area contributed by atoms with Gasteiger partial charge in [-0.05, 0) is 48.7 Å². The molecule has 0 radical (unpaired) electrons. The van der Waals surface area contributed by atoms with Crippen molar-refractivity contribution in [2.75, 3.05) is 28.4 Å². The molecule has 0 saturated heterocycles. The zero-order valence-electron chi connectivity index (χ0n) is 17.6.